The molecule has 21 heavy (non-hydrogen) atoms. The fourth-order valence-electron chi connectivity index (χ4n) is 2.06. The first-order valence-corrected chi connectivity index (χ1v) is 10.5. The zero-order chi connectivity index (χ0) is 14.7. The molecule has 104 valence electrons. The molecule has 0 spiro atoms. The highest BCUT2D eigenvalue weighted by atomic mass is 32.9. The average Bonchev–Trinajstić information content (AvgIpc) is 2.88. The lowest BCUT2D eigenvalue weighted by atomic mass is 10.1. The standard InChI is InChI=1S/C18H15PS2/c1-14-7-10-16(11-8-14)18-13-17(19(20)21-18)12-9-15-5-3-2-4-6-15/h2-13H,1H3/b12-9+. The molecule has 1 unspecified atom stereocenters. The fraction of sp³-hybridized carbons (Fsp3) is 0.0556. The molecule has 0 aliphatic rings. The van der Waals surface area contributed by atoms with Gasteiger partial charge >= 0.3 is 0 Å². The summed E-state index contributed by atoms with van der Waals surface area (Å²) in [5.41, 5.74) is 3.77. The maximum absolute atomic E-state index is 5.63. The van der Waals surface area contributed by atoms with Crippen molar-refractivity contribution in [2.45, 2.75) is 6.92 Å². The van der Waals surface area contributed by atoms with Crippen LogP contribution in [0.4, 0.5) is 0 Å². The Kier molecular flexibility index (Phi) is 4.60. The Morgan fingerprint density at radius 2 is 1.67 bits per heavy atom. The van der Waals surface area contributed by atoms with Crippen molar-refractivity contribution in [1.29, 1.82) is 0 Å². The van der Waals surface area contributed by atoms with Crippen LogP contribution in [0.1, 0.15) is 16.4 Å². The molecule has 0 bridgehead atoms. The number of hydrogen-bond donors (Lipinski definition) is 0. The third-order valence-corrected chi connectivity index (χ3v) is 7.69. The van der Waals surface area contributed by atoms with E-state index in [1.54, 1.807) is 0 Å². The molecule has 0 aliphatic heterocycles. The quantitative estimate of drug-likeness (QED) is 0.497. The van der Waals surface area contributed by atoms with Crippen molar-refractivity contribution in [2.24, 2.45) is 0 Å². The van der Waals surface area contributed by atoms with Crippen LogP contribution in [0.15, 0.2) is 60.7 Å². The second-order valence-electron chi connectivity index (χ2n) is 4.89. The van der Waals surface area contributed by atoms with Gasteiger partial charge in [0.15, 0.2) is 0 Å². The molecule has 3 aromatic rings. The Hall–Kier alpha value is -1.34. The molecule has 2 aromatic carbocycles. The summed E-state index contributed by atoms with van der Waals surface area (Å²) in [7, 11) is 1.82. The Labute approximate surface area is 135 Å². The van der Waals surface area contributed by atoms with E-state index >= 15 is 0 Å². The first-order valence-electron chi connectivity index (χ1n) is 6.76. The fourth-order valence-corrected chi connectivity index (χ4v) is 6.02. The summed E-state index contributed by atoms with van der Waals surface area (Å²) in [6, 6.07) is 21.3. The van der Waals surface area contributed by atoms with Gasteiger partial charge in [-0.1, -0.05) is 66.2 Å². The normalized spacial score (nSPS) is 12.0. The summed E-state index contributed by atoms with van der Waals surface area (Å²) >= 11 is 5.63. The van der Waals surface area contributed by atoms with E-state index in [2.05, 4.69) is 73.7 Å². The maximum Gasteiger partial charge on any atom is 0.139 e. The van der Waals surface area contributed by atoms with Gasteiger partial charge in [0.05, 0.1) is 10.8 Å². The lowest BCUT2D eigenvalue weighted by Crippen LogP contribution is -1.73. The Morgan fingerprint density at radius 3 is 2.38 bits per heavy atom. The van der Waals surface area contributed by atoms with Gasteiger partial charge in [-0.05, 0) is 24.1 Å². The zero-order valence-corrected chi connectivity index (χ0v) is 14.2. The van der Waals surface area contributed by atoms with Crippen molar-refractivity contribution in [3.05, 3.63) is 77.1 Å². The molecule has 0 amide bonds. The van der Waals surface area contributed by atoms with Gasteiger partial charge < -0.3 is 12.2 Å². The van der Waals surface area contributed by atoms with Crippen LogP contribution in [0, 0.1) is 6.92 Å². The molecule has 3 rings (SSSR count). The molecule has 1 atom stereocenters. The minimum absolute atomic E-state index is 0.558. The van der Waals surface area contributed by atoms with Crippen molar-refractivity contribution >= 4 is 41.3 Å². The van der Waals surface area contributed by atoms with Crippen molar-refractivity contribution < 1.29 is 0 Å². The van der Waals surface area contributed by atoms with Gasteiger partial charge in [0, 0.05) is 17.0 Å². The van der Waals surface area contributed by atoms with Gasteiger partial charge in [-0.15, -0.1) is 0 Å². The van der Waals surface area contributed by atoms with Crippen LogP contribution in [0.25, 0.3) is 22.6 Å². The monoisotopic (exact) mass is 326 g/mol. The molecular weight excluding hydrogens is 311 g/mol. The first-order chi connectivity index (χ1) is 10.2. The Bertz CT molecular complexity index is 756. The van der Waals surface area contributed by atoms with Gasteiger partial charge in [-0.2, -0.15) is 0 Å². The summed E-state index contributed by atoms with van der Waals surface area (Å²) in [5.74, 6) is -0.558. The second-order valence-corrected chi connectivity index (χ2v) is 9.98. The van der Waals surface area contributed by atoms with Crippen molar-refractivity contribution in [1.82, 2.24) is 0 Å². The minimum atomic E-state index is -0.558. The van der Waals surface area contributed by atoms with E-state index < -0.39 is 5.91 Å². The van der Waals surface area contributed by atoms with E-state index in [0.717, 1.165) is 0 Å². The smallest absolute Gasteiger partial charge is 0.139 e. The van der Waals surface area contributed by atoms with Crippen LogP contribution in [0.2, 0.25) is 0 Å². The van der Waals surface area contributed by atoms with Crippen LogP contribution >= 0.6 is 16.9 Å². The molecule has 0 saturated heterocycles. The molecule has 0 fully saturated rings. The predicted molar refractivity (Wildman–Crippen MR) is 99.7 cm³/mol. The molecule has 0 saturated carbocycles. The minimum Gasteiger partial charge on any atom is -0.473 e. The second kappa shape index (κ2) is 6.62. The highest BCUT2D eigenvalue weighted by Gasteiger charge is 2.10. The lowest BCUT2D eigenvalue weighted by molar-refractivity contribution is 1.48. The van der Waals surface area contributed by atoms with E-state index in [9.17, 15) is 0 Å². The van der Waals surface area contributed by atoms with Gasteiger partial charge in [-0.3, -0.25) is 0 Å². The molecule has 0 N–H and O–H groups in total. The zero-order valence-electron chi connectivity index (χ0n) is 11.7. The Morgan fingerprint density at radius 1 is 0.952 bits per heavy atom. The van der Waals surface area contributed by atoms with Gasteiger partial charge in [0.1, 0.15) is 5.30 Å². The number of benzene rings is 2. The van der Waals surface area contributed by atoms with E-state index in [4.69, 9.17) is 12.2 Å². The van der Waals surface area contributed by atoms with Crippen molar-refractivity contribution in [2.75, 3.05) is 0 Å². The van der Waals surface area contributed by atoms with E-state index in [0.29, 0.717) is 0 Å². The lowest BCUT2D eigenvalue weighted by Gasteiger charge is -1.95. The molecule has 0 nitrogen and oxygen atoms in total. The van der Waals surface area contributed by atoms with E-state index in [-0.39, 0.29) is 0 Å². The molecule has 0 aliphatic carbocycles. The summed E-state index contributed by atoms with van der Waals surface area (Å²) in [6.45, 7) is 2.11. The number of aryl methyl sites for hydroxylation is 1. The first kappa shape index (κ1) is 14.6. The van der Waals surface area contributed by atoms with Gasteiger partial charge in [0.2, 0.25) is 0 Å². The number of rotatable bonds is 3. The summed E-state index contributed by atoms with van der Waals surface area (Å²) < 4.78 is 0. The van der Waals surface area contributed by atoms with Crippen molar-refractivity contribution in [3.8, 4) is 10.4 Å². The topological polar surface area (TPSA) is 0 Å². The van der Waals surface area contributed by atoms with Crippen LogP contribution in [-0.4, -0.2) is 0 Å². The van der Waals surface area contributed by atoms with Crippen LogP contribution in [0.3, 0.4) is 0 Å². The SMILES string of the molecule is Cc1ccc(-c2cc(/C=C/c3ccccc3)[p+]([S-])s2)cc1. The van der Waals surface area contributed by atoms with Crippen LogP contribution < -0.4 is 0 Å². The third kappa shape index (κ3) is 3.65. The maximum atomic E-state index is 5.63. The third-order valence-electron chi connectivity index (χ3n) is 3.25. The van der Waals surface area contributed by atoms with E-state index in [1.165, 1.54) is 26.9 Å². The number of hydrogen-bond acceptors (Lipinski definition) is 2. The molecule has 1 aromatic heterocycles. The molecular formula is C18H15PS2. The van der Waals surface area contributed by atoms with E-state index in [1.807, 2.05) is 17.0 Å². The van der Waals surface area contributed by atoms with Crippen LogP contribution in [0.5, 0.6) is 0 Å². The van der Waals surface area contributed by atoms with Gasteiger partial charge in [0.25, 0.3) is 0 Å². The average molecular weight is 326 g/mol. The highest BCUT2D eigenvalue weighted by molar-refractivity contribution is 8.43. The molecule has 1 heterocycles. The Balaban J connectivity index is 1.88. The van der Waals surface area contributed by atoms with Gasteiger partial charge in [-0.25, -0.2) is 0 Å². The largest absolute Gasteiger partial charge is 0.473 e. The molecule has 0 radical (unpaired) electrons. The summed E-state index contributed by atoms with van der Waals surface area (Å²) in [4.78, 5) is 1.30. The van der Waals surface area contributed by atoms with Crippen molar-refractivity contribution in [3.63, 3.8) is 0 Å². The summed E-state index contributed by atoms with van der Waals surface area (Å²) in [6.07, 6.45) is 4.31. The summed E-state index contributed by atoms with van der Waals surface area (Å²) in [5, 5.41) is 1.27. The van der Waals surface area contributed by atoms with Crippen LogP contribution in [-0.2, 0) is 12.2 Å². The highest BCUT2D eigenvalue weighted by Crippen LogP contribution is 2.45. The predicted octanol–water partition coefficient (Wildman–Crippen LogP) is 6.47. The molecule has 3 heteroatoms.